The normalized spacial score (nSPS) is 23.2. The molecule has 2 atom stereocenters. The van der Waals surface area contributed by atoms with Crippen LogP contribution >= 0.6 is 11.3 Å². The quantitative estimate of drug-likeness (QED) is 0.697. The summed E-state index contributed by atoms with van der Waals surface area (Å²) in [5.74, 6) is -0.191. The molecule has 2 aromatic rings. The molecule has 4 rings (SSSR count). The predicted molar refractivity (Wildman–Crippen MR) is 120 cm³/mol. The topological polar surface area (TPSA) is 79.8 Å². The summed E-state index contributed by atoms with van der Waals surface area (Å²) >= 11 is 1.48. The number of rotatable bonds is 5. The Morgan fingerprint density at radius 2 is 2.07 bits per heavy atom. The van der Waals surface area contributed by atoms with E-state index in [1.54, 1.807) is 4.90 Å². The van der Waals surface area contributed by atoms with Gasteiger partial charge in [-0.1, -0.05) is 23.8 Å². The molecule has 9 heteroatoms. The molecule has 0 spiro atoms. The van der Waals surface area contributed by atoms with E-state index >= 15 is 0 Å². The van der Waals surface area contributed by atoms with Crippen molar-refractivity contribution in [3.8, 4) is 0 Å². The van der Waals surface area contributed by atoms with E-state index in [0.717, 1.165) is 47.0 Å². The van der Waals surface area contributed by atoms with Crippen LogP contribution in [0.1, 0.15) is 43.2 Å². The summed E-state index contributed by atoms with van der Waals surface area (Å²) in [4.78, 5) is 20.2. The second kappa shape index (κ2) is 8.53. The van der Waals surface area contributed by atoms with Crippen LogP contribution in [0.2, 0.25) is 0 Å². The van der Waals surface area contributed by atoms with Crippen molar-refractivity contribution in [1.29, 1.82) is 0 Å². The lowest BCUT2D eigenvalue weighted by Gasteiger charge is -2.35. The average molecular weight is 452 g/mol. The molecule has 2 unspecified atom stereocenters. The van der Waals surface area contributed by atoms with Gasteiger partial charge in [0, 0.05) is 13.2 Å². The number of sulfonamides is 1. The van der Waals surface area contributed by atoms with Gasteiger partial charge in [0.25, 0.3) is 0 Å². The summed E-state index contributed by atoms with van der Waals surface area (Å²) in [5.41, 5.74) is 3.17. The van der Waals surface area contributed by atoms with Gasteiger partial charge >= 0.3 is 0 Å². The number of fused-ring (bicyclic) bond motifs is 1. The SMILES string of the molecule is Cc1ccc2sc(N(CC3CCCO3)C(=O)C3CCCCN3S(C)(=O)=O)nc2c1C. The highest BCUT2D eigenvalue weighted by molar-refractivity contribution is 7.88. The lowest BCUT2D eigenvalue weighted by molar-refractivity contribution is -0.123. The number of nitrogens with zero attached hydrogens (tertiary/aromatic N) is 3. The number of anilines is 1. The minimum atomic E-state index is -3.46. The standard InChI is InChI=1S/C21H29N3O4S2/c1-14-9-10-18-19(15(14)2)22-21(29-18)23(13-16-7-6-12-28-16)20(25)17-8-4-5-11-24(17)30(3,26)27/h9-10,16-17H,4-8,11-13H2,1-3H3. The molecule has 0 saturated carbocycles. The average Bonchev–Trinajstić information content (AvgIpc) is 3.38. The first kappa shape index (κ1) is 21.7. The van der Waals surface area contributed by atoms with Gasteiger partial charge in [0.2, 0.25) is 15.9 Å². The van der Waals surface area contributed by atoms with E-state index in [4.69, 9.17) is 9.72 Å². The number of thiazole rings is 1. The van der Waals surface area contributed by atoms with Crippen LogP contribution in [0.15, 0.2) is 12.1 Å². The maximum Gasteiger partial charge on any atom is 0.247 e. The molecule has 2 fully saturated rings. The highest BCUT2D eigenvalue weighted by atomic mass is 32.2. The zero-order valence-electron chi connectivity index (χ0n) is 17.8. The summed E-state index contributed by atoms with van der Waals surface area (Å²) in [6.45, 7) is 5.59. The number of ether oxygens (including phenoxy) is 1. The number of carbonyl (C=O) groups excluding carboxylic acids is 1. The molecule has 1 amide bonds. The molecular formula is C21H29N3O4S2. The van der Waals surface area contributed by atoms with Gasteiger partial charge in [0.05, 0.1) is 29.1 Å². The minimum Gasteiger partial charge on any atom is -0.376 e. The molecule has 30 heavy (non-hydrogen) atoms. The van der Waals surface area contributed by atoms with Gasteiger partial charge in [-0.3, -0.25) is 9.69 Å². The van der Waals surface area contributed by atoms with Crippen molar-refractivity contribution in [2.45, 2.75) is 58.1 Å². The van der Waals surface area contributed by atoms with Crippen LogP contribution in [0.5, 0.6) is 0 Å². The first-order valence-electron chi connectivity index (χ1n) is 10.5. The minimum absolute atomic E-state index is 0.0425. The van der Waals surface area contributed by atoms with Gasteiger partial charge in [-0.25, -0.2) is 13.4 Å². The van der Waals surface area contributed by atoms with Gasteiger partial charge in [-0.2, -0.15) is 4.31 Å². The molecule has 0 bridgehead atoms. The maximum atomic E-state index is 13.7. The molecule has 0 aliphatic carbocycles. The van der Waals surface area contributed by atoms with Gasteiger partial charge in [0.1, 0.15) is 6.04 Å². The summed E-state index contributed by atoms with van der Waals surface area (Å²) in [6, 6.07) is 3.43. The number of amides is 1. The number of hydrogen-bond donors (Lipinski definition) is 0. The predicted octanol–water partition coefficient (Wildman–Crippen LogP) is 3.24. The highest BCUT2D eigenvalue weighted by Gasteiger charge is 2.39. The zero-order valence-corrected chi connectivity index (χ0v) is 19.4. The fraction of sp³-hybridized carbons (Fsp3) is 0.619. The van der Waals surface area contributed by atoms with E-state index in [-0.39, 0.29) is 12.0 Å². The Balaban J connectivity index is 1.72. The summed E-state index contributed by atoms with van der Waals surface area (Å²) in [7, 11) is -3.46. The third-order valence-electron chi connectivity index (χ3n) is 6.15. The van der Waals surface area contributed by atoms with Crippen LogP contribution in [0.25, 0.3) is 10.2 Å². The van der Waals surface area contributed by atoms with Crippen LogP contribution < -0.4 is 4.90 Å². The third-order valence-corrected chi connectivity index (χ3v) is 8.48. The number of aryl methyl sites for hydroxylation is 2. The maximum absolute atomic E-state index is 13.7. The van der Waals surface area contributed by atoms with Crippen LogP contribution in [0, 0.1) is 13.8 Å². The largest absolute Gasteiger partial charge is 0.376 e. The van der Waals surface area contributed by atoms with Gasteiger partial charge < -0.3 is 4.74 Å². The fourth-order valence-electron chi connectivity index (χ4n) is 4.31. The zero-order chi connectivity index (χ0) is 21.5. The lowest BCUT2D eigenvalue weighted by Crippen LogP contribution is -2.54. The number of hydrogen-bond acceptors (Lipinski definition) is 6. The number of piperidine rings is 1. The molecule has 1 aromatic carbocycles. The van der Waals surface area contributed by atoms with Crippen molar-refractivity contribution in [3.63, 3.8) is 0 Å². The Kier molecular flexibility index (Phi) is 6.16. The van der Waals surface area contributed by atoms with E-state index in [1.807, 2.05) is 13.0 Å². The molecule has 0 N–H and O–H groups in total. The molecule has 1 aromatic heterocycles. The molecular weight excluding hydrogens is 422 g/mol. The Bertz CT molecular complexity index is 1040. The molecule has 164 valence electrons. The van der Waals surface area contributed by atoms with Crippen molar-refractivity contribution in [2.75, 3.05) is 30.9 Å². The molecule has 2 aliphatic rings. The smallest absolute Gasteiger partial charge is 0.247 e. The number of benzene rings is 1. The van der Waals surface area contributed by atoms with E-state index in [0.29, 0.717) is 31.2 Å². The third kappa shape index (κ3) is 4.26. The Morgan fingerprint density at radius 1 is 1.27 bits per heavy atom. The Morgan fingerprint density at radius 3 is 2.77 bits per heavy atom. The molecule has 2 saturated heterocycles. The summed E-state index contributed by atoms with van der Waals surface area (Å²) in [5, 5.41) is 0.623. The second-order valence-electron chi connectivity index (χ2n) is 8.32. The Hall–Kier alpha value is -1.55. The Labute approximate surface area is 182 Å². The van der Waals surface area contributed by atoms with Crippen LogP contribution in [0.4, 0.5) is 5.13 Å². The van der Waals surface area contributed by atoms with Crippen LogP contribution in [0.3, 0.4) is 0 Å². The molecule has 7 nitrogen and oxygen atoms in total. The highest BCUT2D eigenvalue weighted by Crippen LogP contribution is 2.34. The van der Waals surface area contributed by atoms with Crippen molar-refractivity contribution in [1.82, 2.24) is 9.29 Å². The van der Waals surface area contributed by atoms with E-state index in [9.17, 15) is 13.2 Å². The van der Waals surface area contributed by atoms with Crippen LogP contribution in [-0.2, 0) is 19.6 Å². The lowest BCUT2D eigenvalue weighted by atomic mass is 10.0. The van der Waals surface area contributed by atoms with E-state index < -0.39 is 16.1 Å². The number of carbonyl (C=O) groups is 1. The van der Waals surface area contributed by atoms with E-state index in [2.05, 4.69) is 13.0 Å². The number of aromatic nitrogens is 1. The molecule has 0 radical (unpaired) electrons. The van der Waals surface area contributed by atoms with Crippen LogP contribution in [-0.4, -0.2) is 61.7 Å². The molecule has 2 aliphatic heterocycles. The van der Waals surface area contributed by atoms with Crippen molar-refractivity contribution >= 4 is 42.6 Å². The van der Waals surface area contributed by atoms with Gasteiger partial charge in [0.15, 0.2) is 5.13 Å². The first-order valence-corrected chi connectivity index (χ1v) is 13.2. The van der Waals surface area contributed by atoms with Gasteiger partial charge in [-0.05, 0) is 56.7 Å². The summed E-state index contributed by atoms with van der Waals surface area (Å²) < 4.78 is 32.9. The summed E-state index contributed by atoms with van der Waals surface area (Å²) in [6.07, 6.45) is 5.18. The fourth-order valence-corrected chi connectivity index (χ4v) is 6.47. The second-order valence-corrected chi connectivity index (χ2v) is 11.3. The van der Waals surface area contributed by atoms with Gasteiger partial charge in [-0.15, -0.1) is 0 Å². The molecule has 3 heterocycles. The first-order chi connectivity index (χ1) is 14.3. The monoisotopic (exact) mass is 451 g/mol. The van der Waals surface area contributed by atoms with E-state index in [1.165, 1.54) is 21.9 Å². The van der Waals surface area contributed by atoms with Crippen molar-refractivity contribution in [3.05, 3.63) is 23.3 Å². The van der Waals surface area contributed by atoms with Crippen molar-refractivity contribution in [2.24, 2.45) is 0 Å². The van der Waals surface area contributed by atoms with Crippen molar-refractivity contribution < 1.29 is 17.9 Å².